The van der Waals surface area contributed by atoms with Gasteiger partial charge in [0.25, 0.3) is 0 Å². The minimum absolute atomic E-state index is 0.270. The molecule has 0 amide bonds. The van der Waals surface area contributed by atoms with Gasteiger partial charge in [-0.05, 0) is 41.9 Å². The predicted octanol–water partition coefficient (Wildman–Crippen LogP) is 2.76. The average Bonchev–Trinajstić information content (AvgIpc) is 2.10. The van der Waals surface area contributed by atoms with Crippen LogP contribution in [-0.2, 0) is 10.3 Å². The van der Waals surface area contributed by atoms with Gasteiger partial charge >= 0.3 is 0 Å². The van der Waals surface area contributed by atoms with Gasteiger partial charge in [0, 0.05) is 13.3 Å². The second-order valence-electron chi connectivity index (χ2n) is 3.38. The van der Waals surface area contributed by atoms with Crippen LogP contribution in [-0.4, -0.2) is 17.1 Å². The molecule has 2 rings (SSSR count). The Bertz CT molecular complexity index is 349. The van der Waals surface area contributed by atoms with Crippen molar-refractivity contribution in [2.45, 2.75) is 24.9 Å². The van der Waals surface area contributed by atoms with E-state index in [1.165, 1.54) is 6.42 Å². The van der Waals surface area contributed by atoms with Crippen molar-refractivity contribution in [3.8, 4) is 0 Å². The molecule has 0 atom stereocenters. The topological polar surface area (TPSA) is 35.0 Å². The molecule has 1 aromatic rings. The summed E-state index contributed by atoms with van der Waals surface area (Å²) >= 11 is 8.06. The zero-order valence-corrected chi connectivity index (χ0v) is 10.7. The van der Waals surface area contributed by atoms with Gasteiger partial charge in [0.05, 0.1) is 3.57 Å². The van der Waals surface area contributed by atoms with Crippen molar-refractivity contribution in [2.24, 2.45) is 0 Å². The first kappa shape index (κ1) is 10.6. The molecule has 0 saturated heterocycles. The van der Waals surface area contributed by atoms with Crippen molar-refractivity contribution >= 4 is 34.2 Å². The summed E-state index contributed by atoms with van der Waals surface area (Å²) in [6, 6.07) is 0. The van der Waals surface area contributed by atoms with Crippen molar-refractivity contribution in [3.05, 3.63) is 20.7 Å². The number of methoxy groups -OCH3 is 1. The highest BCUT2D eigenvalue weighted by molar-refractivity contribution is 14.1. The van der Waals surface area contributed by atoms with Crippen molar-refractivity contribution in [1.29, 1.82) is 0 Å². The van der Waals surface area contributed by atoms with Crippen LogP contribution in [0.3, 0.4) is 0 Å². The summed E-state index contributed by atoms with van der Waals surface area (Å²) in [4.78, 5) is 8.54. The number of halogens is 2. The molecule has 14 heavy (non-hydrogen) atoms. The summed E-state index contributed by atoms with van der Waals surface area (Å²) in [7, 11) is 1.70. The minimum atomic E-state index is -0.270. The maximum Gasteiger partial charge on any atom is 0.161 e. The number of rotatable bonds is 2. The molecule has 1 aliphatic carbocycles. The van der Waals surface area contributed by atoms with Gasteiger partial charge < -0.3 is 4.74 Å². The normalized spacial score (nSPS) is 19.1. The van der Waals surface area contributed by atoms with E-state index >= 15 is 0 Å². The van der Waals surface area contributed by atoms with Gasteiger partial charge in [0.15, 0.2) is 5.82 Å². The van der Waals surface area contributed by atoms with E-state index in [9.17, 15) is 0 Å². The summed E-state index contributed by atoms with van der Waals surface area (Å²) in [5.74, 6) is 0.719. The Hall–Kier alpha value is 0.0600. The van der Waals surface area contributed by atoms with Crippen LogP contribution in [0.15, 0.2) is 6.20 Å². The largest absolute Gasteiger partial charge is 0.370 e. The molecule has 1 saturated carbocycles. The van der Waals surface area contributed by atoms with Crippen molar-refractivity contribution in [1.82, 2.24) is 9.97 Å². The first-order valence-electron chi connectivity index (χ1n) is 4.42. The molecule has 0 bridgehead atoms. The van der Waals surface area contributed by atoms with Crippen LogP contribution in [0.25, 0.3) is 0 Å². The molecule has 1 fully saturated rings. The standard InChI is InChI=1S/C9H10ClIN2O/c1-14-9(3-2-4-9)8-12-5-6(11)7(10)13-8/h5H,2-4H2,1H3. The second-order valence-corrected chi connectivity index (χ2v) is 4.90. The molecule has 0 aliphatic heterocycles. The van der Waals surface area contributed by atoms with Gasteiger partial charge in [-0.25, -0.2) is 9.97 Å². The van der Waals surface area contributed by atoms with E-state index in [0.717, 1.165) is 22.2 Å². The van der Waals surface area contributed by atoms with Crippen molar-refractivity contribution in [3.63, 3.8) is 0 Å². The zero-order chi connectivity index (χ0) is 10.2. The molecule has 0 spiro atoms. The average molecular weight is 325 g/mol. The molecule has 1 aliphatic rings. The van der Waals surface area contributed by atoms with E-state index in [0.29, 0.717) is 5.15 Å². The van der Waals surface area contributed by atoms with Crippen LogP contribution in [0.1, 0.15) is 25.1 Å². The Balaban J connectivity index is 2.36. The fraction of sp³-hybridized carbons (Fsp3) is 0.556. The summed E-state index contributed by atoms with van der Waals surface area (Å²) in [6.07, 6.45) is 4.88. The van der Waals surface area contributed by atoms with Crippen LogP contribution in [0.2, 0.25) is 5.15 Å². The summed E-state index contributed by atoms with van der Waals surface area (Å²) in [5.41, 5.74) is -0.270. The van der Waals surface area contributed by atoms with Gasteiger partial charge in [-0.15, -0.1) is 0 Å². The van der Waals surface area contributed by atoms with E-state index in [1.54, 1.807) is 13.3 Å². The van der Waals surface area contributed by atoms with Gasteiger partial charge in [0.1, 0.15) is 10.8 Å². The van der Waals surface area contributed by atoms with Gasteiger partial charge in [0.2, 0.25) is 0 Å². The zero-order valence-electron chi connectivity index (χ0n) is 7.76. The Morgan fingerprint density at radius 3 is 2.71 bits per heavy atom. The second kappa shape index (κ2) is 3.90. The quantitative estimate of drug-likeness (QED) is 0.620. The number of hydrogen-bond acceptors (Lipinski definition) is 3. The third-order valence-corrected chi connectivity index (χ3v) is 4.06. The molecule has 1 aromatic heterocycles. The van der Waals surface area contributed by atoms with E-state index in [2.05, 4.69) is 32.6 Å². The Labute approximate surface area is 101 Å². The first-order chi connectivity index (χ1) is 6.68. The van der Waals surface area contributed by atoms with Crippen molar-refractivity contribution < 1.29 is 4.74 Å². The van der Waals surface area contributed by atoms with E-state index in [-0.39, 0.29) is 5.60 Å². The summed E-state index contributed by atoms with van der Waals surface area (Å²) in [5, 5.41) is 0.513. The van der Waals surface area contributed by atoms with Crippen LogP contribution < -0.4 is 0 Å². The predicted molar refractivity (Wildman–Crippen MR) is 62.3 cm³/mol. The summed E-state index contributed by atoms with van der Waals surface area (Å²) in [6.45, 7) is 0. The third kappa shape index (κ3) is 1.63. The molecule has 0 aromatic carbocycles. The third-order valence-electron chi connectivity index (χ3n) is 2.66. The van der Waals surface area contributed by atoms with Gasteiger partial charge in [-0.2, -0.15) is 0 Å². The van der Waals surface area contributed by atoms with E-state index in [4.69, 9.17) is 16.3 Å². The summed E-state index contributed by atoms with van der Waals surface area (Å²) < 4.78 is 6.34. The molecular weight excluding hydrogens is 314 g/mol. The number of ether oxygens (including phenoxy) is 1. The molecule has 3 nitrogen and oxygen atoms in total. The molecular formula is C9H10ClIN2O. The molecule has 0 radical (unpaired) electrons. The fourth-order valence-electron chi connectivity index (χ4n) is 1.58. The van der Waals surface area contributed by atoms with Crippen LogP contribution in [0.5, 0.6) is 0 Å². The number of hydrogen-bond donors (Lipinski definition) is 0. The van der Waals surface area contributed by atoms with Gasteiger partial charge in [-0.3, -0.25) is 0 Å². The lowest BCUT2D eigenvalue weighted by molar-refractivity contribution is -0.0846. The molecule has 1 heterocycles. The molecule has 0 unspecified atom stereocenters. The lowest BCUT2D eigenvalue weighted by Gasteiger charge is -2.38. The lowest BCUT2D eigenvalue weighted by atomic mass is 9.79. The van der Waals surface area contributed by atoms with Crippen molar-refractivity contribution in [2.75, 3.05) is 7.11 Å². The van der Waals surface area contributed by atoms with Crippen LogP contribution in [0.4, 0.5) is 0 Å². The van der Waals surface area contributed by atoms with Crippen LogP contribution in [0, 0.1) is 3.57 Å². The Morgan fingerprint density at radius 1 is 1.57 bits per heavy atom. The van der Waals surface area contributed by atoms with Crippen LogP contribution >= 0.6 is 34.2 Å². The molecule has 0 N–H and O–H groups in total. The maximum absolute atomic E-state index is 5.94. The molecule has 5 heteroatoms. The molecule has 76 valence electrons. The number of nitrogens with zero attached hydrogens (tertiary/aromatic N) is 2. The van der Waals surface area contributed by atoms with E-state index in [1.807, 2.05) is 0 Å². The highest BCUT2D eigenvalue weighted by Gasteiger charge is 2.41. The van der Waals surface area contributed by atoms with Gasteiger partial charge in [-0.1, -0.05) is 11.6 Å². The smallest absolute Gasteiger partial charge is 0.161 e. The fourth-order valence-corrected chi connectivity index (χ4v) is 1.97. The maximum atomic E-state index is 5.94. The highest BCUT2D eigenvalue weighted by atomic mass is 127. The monoisotopic (exact) mass is 324 g/mol. The Morgan fingerprint density at radius 2 is 2.29 bits per heavy atom. The SMILES string of the molecule is COC1(c2ncc(I)c(Cl)n2)CCC1. The number of aromatic nitrogens is 2. The Kier molecular flexibility index (Phi) is 2.95. The highest BCUT2D eigenvalue weighted by Crippen LogP contribution is 2.42. The van der Waals surface area contributed by atoms with E-state index < -0.39 is 0 Å². The minimum Gasteiger partial charge on any atom is -0.370 e. The first-order valence-corrected chi connectivity index (χ1v) is 5.87. The lowest BCUT2D eigenvalue weighted by Crippen LogP contribution is -2.38.